The van der Waals surface area contributed by atoms with Crippen LogP contribution in [0.15, 0.2) is 42.5 Å². The SMILES string of the molecule is CCC(C)Oc1cccc(C(=O)Nc2cccc(NC(=O)C3CC3)c2C)c1. The van der Waals surface area contributed by atoms with Gasteiger partial charge in [-0.15, -0.1) is 0 Å². The standard InChI is InChI=1S/C22H26N2O3/c1-4-14(2)27-18-8-5-7-17(13-18)22(26)24-20-10-6-9-19(15(20)3)23-21(25)16-11-12-16/h5-10,13-14,16H,4,11-12H2,1-3H3,(H,23,25)(H,24,26). The first-order valence-corrected chi connectivity index (χ1v) is 9.46. The molecule has 0 radical (unpaired) electrons. The Morgan fingerprint density at radius 2 is 1.78 bits per heavy atom. The Hall–Kier alpha value is -2.82. The molecular formula is C22H26N2O3. The lowest BCUT2D eigenvalue weighted by Crippen LogP contribution is -2.16. The van der Waals surface area contributed by atoms with Crippen molar-refractivity contribution in [3.05, 3.63) is 53.6 Å². The smallest absolute Gasteiger partial charge is 0.255 e. The van der Waals surface area contributed by atoms with Crippen molar-refractivity contribution >= 4 is 23.2 Å². The number of anilines is 2. The van der Waals surface area contributed by atoms with E-state index in [1.165, 1.54) is 0 Å². The molecule has 1 aliphatic rings. The predicted octanol–water partition coefficient (Wildman–Crippen LogP) is 4.77. The molecule has 0 spiro atoms. The number of carbonyl (C=O) groups excluding carboxylic acids is 2. The van der Waals surface area contributed by atoms with Gasteiger partial charge in [-0.3, -0.25) is 9.59 Å². The van der Waals surface area contributed by atoms with E-state index in [4.69, 9.17) is 4.74 Å². The Kier molecular flexibility index (Phi) is 5.79. The highest BCUT2D eigenvalue weighted by atomic mass is 16.5. The molecule has 0 aliphatic heterocycles. The minimum atomic E-state index is -0.210. The summed E-state index contributed by atoms with van der Waals surface area (Å²) in [5, 5.41) is 5.89. The van der Waals surface area contributed by atoms with Crippen molar-refractivity contribution in [2.45, 2.75) is 46.1 Å². The lowest BCUT2D eigenvalue weighted by atomic mass is 10.1. The lowest BCUT2D eigenvalue weighted by Gasteiger charge is -2.15. The molecule has 3 rings (SSSR count). The van der Waals surface area contributed by atoms with Gasteiger partial charge >= 0.3 is 0 Å². The zero-order chi connectivity index (χ0) is 19.4. The molecule has 2 N–H and O–H groups in total. The van der Waals surface area contributed by atoms with Crippen LogP contribution < -0.4 is 15.4 Å². The zero-order valence-corrected chi connectivity index (χ0v) is 16.0. The Morgan fingerprint density at radius 3 is 2.44 bits per heavy atom. The molecule has 1 fully saturated rings. The molecule has 0 bridgehead atoms. The summed E-state index contributed by atoms with van der Waals surface area (Å²) >= 11 is 0. The number of amides is 2. The van der Waals surface area contributed by atoms with Crippen molar-refractivity contribution < 1.29 is 14.3 Å². The molecule has 5 heteroatoms. The third kappa shape index (κ3) is 4.88. The highest BCUT2D eigenvalue weighted by Crippen LogP contribution is 2.31. The van der Waals surface area contributed by atoms with Crippen LogP contribution in [-0.4, -0.2) is 17.9 Å². The van der Waals surface area contributed by atoms with E-state index in [0.29, 0.717) is 17.0 Å². The van der Waals surface area contributed by atoms with E-state index >= 15 is 0 Å². The average Bonchev–Trinajstić information content (AvgIpc) is 3.50. The van der Waals surface area contributed by atoms with Crippen LogP contribution in [-0.2, 0) is 4.79 Å². The Morgan fingerprint density at radius 1 is 1.11 bits per heavy atom. The van der Waals surface area contributed by atoms with E-state index in [1.54, 1.807) is 12.1 Å². The minimum absolute atomic E-state index is 0.0523. The molecule has 142 valence electrons. The fourth-order valence-corrected chi connectivity index (χ4v) is 2.71. The summed E-state index contributed by atoms with van der Waals surface area (Å²) in [6.07, 6.45) is 2.90. The van der Waals surface area contributed by atoms with Crippen molar-refractivity contribution in [1.82, 2.24) is 0 Å². The van der Waals surface area contributed by atoms with Crippen LogP contribution in [0.25, 0.3) is 0 Å². The lowest BCUT2D eigenvalue weighted by molar-refractivity contribution is -0.117. The van der Waals surface area contributed by atoms with Crippen LogP contribution in [0.3, 0.4) is 0 Å². The highest BCUT2D eigenvalue weighted by molar-refractivity contribution is 6.05. The third-order valence-corrected chi connectivity index (χ3v) is 4.80. The van der Waals surface area contributed by atoms with Crippen molar-refractivity contribution in [2.24, 2.45) is 5.92 Å². The van der Waals surface area contributed by atoms with Gasteiger partial charge in [-0.2, -0.15) is 0 Å². The normalized spacial score (nSPS) is 14.3. The number of benzene rings is 2. The molecule has 1 aliphatic carbocycles. The van der Waals surface area contributed by atoms with Crippen LogP contribution >= 0.6 is 0 Å². The summed E-state index contributed by atoms with van der Waals surface area (Å²) in [5.41, 5.74) is 2.79. The van der Waals surface area contributed by atoms with E-state index in [0.717, 1.165) is 30.5 Å². The van der Waals surface area contributed by atoms with Gasteiger partial charge in [-0.05, 0) is 69.0 Å². The molecule has 2 aromatic carbocycles. The van der Waals surface area contributed by atoms with Crippen LogP contribution in [0, 0.1) is 12.8 Å². The van der Waals surface area contributed by atoms with Gasteiger partial charge in [-0.1, -0.05) is 19.1 Å². The molecule has 1 atom stereocenters. The molecule has 2 amide bonds. The second-order valence-electron chi connectivity index (χ2n) is 7.06. The highest BCUT2D eigenvalue weighted by Gasteiger charge is 2.29. The molecule has 5 nitrogen and oxygen atoms in total. The first-order chi connectivity index (χ1) is 13.0. The number of hydrogen-bond acceptors (Lipinski definition) is 3. The van der Waals surface area contributed by atoms with Gasteiger partial charge in [0, 0.05) is 22.9 Å². The number of rotatable bonds is 7. The van der Waals surface area contributed by atoms with Crippen molar-refractivity contribution in [2.75, 3.05) is 10.6 Å². The minimum Gasteiger partial charge on any atom is -0.491 e. The number of carbonyl (C=O) groups is 2. The zero-order valence-electron chi connectivity index (χ0n) is 16.0. The summed E-state index contributed by atoms with van der Waals surface area (Å²) < 4.78 is 5.79. The Balaban J connectivity index is 1.72. The van der Waals surface area contributed by atoms with Gasteiger partial charge in [0.2, 0.25) is 5.91 Å². The summed E-state index contributed by atoms with van der Waals surface area (Å²) in [5.74, 6) is 0.657. The molecular weight excluding hydrogens is 340 g/mol. The third-order valence-electron chi connectivity index (χ3n) is 4.80. The van der Waals surface area contributed by atoms with Crippen molar-refractivity contribution in [3.63, 3.8) is 0 Å². The van der Waals surface area contributed by atoms with E-state index < -0.39 is 0 Å². The predicted molar refractivity (Wildman–Crippen MR) is 107 cm³/mol. The van der Waals surface area contributed by atoms with Gasteiger partial charge in [0.25, 0.3) is 5.91 Å². The average molecular weight is 366 g/mol. The van der Waals surface area contributed by atoms with Crippen molar-refractivity contribution in [1.29, 1.82) is 0 Å². The molecule has 1 saturated carbocycles. The number of nitrogens with one attached hydrogen (secondary N) is 2. The van der Waals surface area contributed by atoms with Crippen LogP contribution in [0.4, 0.5) is 11.4 Å². The fraction of sp³-hybridized carbons (Fsp3) is 0.364. The van der Waals surface area contributed by atoms with E-state index in [-0.39, 0.29) is 23.8 Å². The Labute approximate surface area is 160 Å². The second-order valence-corrected chi connectivity index (χ2v) is 7.06. The molecule has 2 aromatic rings. The summed E-state index contributed by atoms with van der Waals surface area (Å²) in [4.78, 5) is 24.7. The van der Waals surface area contributed by atoms with Gasteiger partial charge in [0.1, 0.15) is 5.75 Å². The molecule has 0 heterocycles. The first kappa shape index (κ1) is 19.0. The largest absolute Gasteiger partial charge is 0.491 e. The fourth-order valence-electron chi connectivity index (χ4n) is 2.71. The van der Waals surface area contributed by atoms with Gasteiger partial charge in [-0.25, -0.2) is 0 Å². The second kappa shape index (κ2) is 8.25. The monoisotopic (exact) mass is 366 g/mol. The van der Waals surface area contributed by atoms with Gasteiger partial charge < -0.3 is 15.4 Å². The topological polar surface area (TPSA) is 67.4 Å². The van der Waals surface area contributed by atoms with E-state index in [9.17, 15) is 9.59 Å². The summed E-state index contributed by atoms with van der Waals surface area (Å²) in [6.45, 7) is 5.94. The summed E-state index contributed by atoms with van der Waals surface area (Å²) in [6, 6.07) is 12.7. The summed E-state index contributed by atoms with van der Waals surface area (Å²) in [7, 11) is 0. The van der Waals surface area contributed by atoms with Crippen molar-refractivity contribution in [3.8, 4) is 5.75 Å². The molecule has 0 saturated heterocycles. The van der Waals surface area contributed by atoms with E-state index in [1.807, 2.05) is 44.2 Å². The Bertz CT molecular complexity index is 843. The van der Waals surface area contributed by atoms with E-state index in [2.05, 4.69) is 17.6 Å². The first-order valence-electron chi connectivity index (χ1n) is 9.46. The maximum atomic E-state index is 12.7. The van der Waals surface area contributed by atoms with Gasteiger partial charge in [0.05, 0.1) is 6.10 Å². The van der Waals surface area contributed by atoms with Crippen LogP contribution in [0.2, 0.25) is 0 Å². The van der Waals surface area contributed by atoms with Gasteiger partial charge in [0.15, 0.2) is 0 Å². The molecule has 0 aromatic heterocycles. The molecule has 1 unspecified atom stereocenters. The maximum absolute atomic E-state index is 12.7. The van der Waals surface area contributed by atoms with Crippen LogP contribution in [0.1, 0.15) is 49.0 Å². The quantitative estimate of drug-likeness (QED) is 0.741. The maximum Gasteiger partial charge on any atom is 0.255 e. The van der Waals surface area contributed by atoms with Crippen LogP contribution in [0.5, 0.6) is 5.75 Å². The number of hydrogen-bond donors (Lipinski definition) is 2. The molecule has 27 heavy (non-hydrogen) atoms. The number of ether oxygens (including phenoxy) is 1.